The molecule has 3 aromatic rings. The Balaban J connectivity index is 2.67. The van der Waals surface area contributed by atoms with Crippen LogP contribution in [-0.4, -0.2) is 4.57 Å². The molecule has 3 rings (SSSR count). The second kappa shape index (κ2) is 4.37. The summed E-state index contributed by atoms with van der Waals surface area (Å²) >= 11 is 0. The third kappa shape index (κ3) is 1.76. The van der Waals surface area contributed by atoms with Crippen molar-refractivity contribution in [3.63, 3.8) is 0 Å². The highest BCUT2D eigenvalue weighted by Gasteiger charge is 2.16. The van der Waals surface area contributed by atoms with E-state index in [4.69, 9.17) is 0 Å². The van der Waals surface area contributed by atoms with Crippen LogP contribution in [0.25, 0.3) is 21.8 Å². The van der Waals surface area contributed by atoms with E-state index in [2.05, 4.69) is 70.4 Å². The molecule has 0 atom stereocenters. The Hall–Kier alpha value is -1.76. The van der Waals surface area contributed by atoms with Gasteiger partial charge in [-0.2, -0.15) is 0 Å². The Bertz CT molecular complexity index is 754. The van der Waals surface area contributed by atoms with E-state index in [1.165, 1.54) is 44.1 Å². The Labute approximate surface area is 121 Å². The smallest absolute Gasteiger partial charge is 0.0523 e. The predicted octanol–water partition coefficient (Wildman–Crippen LogP) is 5.61. The number of hydrogen-bond acceptors (Lipinski definition) is 0. The van der Waals surface area contributed by atoms with E-state index in [-0.39, 0.29) is 0 Å². The Morgan fingerprint density at radius 3 is 1.45 bits per heavy atom. The largest absolute Gasteiger partial charge is 0.337 e. The molecular weight excluding hydrogens is 242 g/mol. The monoisotopic (exact) mass is 265 g/mol. The normalized spacial score (nSPS) is 11.9. The van der Waals surface area contributed by atoms with Crippen molar-refractivity contribution in [2.75, 3.05) is 0 Å². The number of aromatic nitrogens is 1. The molecule has 0 aliphatic carbocycles. The van der Waals surface area contributed by atoms with Gasteiger partial charge in [-0.15, -0.1) is 0 Å². The average molecular weight is 265 g/mol. The summed E-state index contributed by atoms with van der Waals surface area (Å²) < 4.78 is 2.51. The first-order valence-electron chi connectivity index (χ1n) is 7.42. The maximum Gasteiger partial charge on any atom is 0.0523 e. The van der Waals surface area contributed by atoms with Crippen molar-refractivity contribution in [3.05, 3.63) is 46.5 Å². The van der Waals surface area contributed by atoms with Crippen molar-refractivity contribution in [1.29, 1.82) is 0 Å². The van der Waals surface area contributed by atoms with Crippen LogP contribution in [0.3, 0.4) is 0 Å². The summed E-state index contributed by atoms with van der Waals surface area (Å²) in [6.45, 7) is 13.4. The quantitative estimate of drug-likeness (QED) is 0.539. The summed E-state index contributed by atoms with van der Waals surface area (Å²) in [6.07, 6.45) is 0. The van der Waals surface area contributed by atoms with Gasteiger partial charge in [0.05, 0.1) is 11.0 Å². The molecule has 0 spiro atoms. The summed E-state index contributed by atoms with van der Waals surface area (Å²) in [4.78, 5) is 0. The van der Waals surface area contributed by atoms with Gasteiger partial charge in [-0.25, -0.2) is 0 Å². The lowest BCUT2D eigenvalue weighted by Crippen LogP contribution is -2.02. The number of benzene rings is 2. The molecule has 0 N–H and O–H groups in total. The Morgan fingerprint density at radius 2 is 1.10 bits per heavy atom. The van der Waals surface area contributed by atoms with Crippen LogP contribution in [0.1, 0.15) is 42.1 Å². The zero-order valence-corrected chi connectivity index (χ0v) is 13.3. The lowest BCUT2D eigenvalue weighted by Gasteiger charge is -2.14. The zero-order chi connectivity index (χ0) is 14.6. The van der Waals surface area contributed by atoms with Gasteiger partial charge in [0.2, 0.25) is 0 Å². The van der Waals surface area contributed by atoms with Gasteiger partial charge >= 0.3 is 0 Å². The SMILES string of the molecule is Cc1cc(C)c2c(c1)c1cc(C)cc(C)c1n2C(C)C. The summed E-state index contributed by atoms with van der Waals surface area (Å²) in [5, 5.41) is 2.80. The molecule has 2 aromatic carbocycles. The van der Waals surface area contributed by atoms with E-state index in [1.807, 2.05) is 0 Å². The molecule has 0 saturated carbocycles. The highest BCUT2D eigenvalue weighted by Crippen LogP contribution is 2.36. The van der Waals surface area contributed by atoms with Crippen molar-refractivity contribution in [2.24, 2.45) is 0 Å². The predicted molar refractivity (Wildman–Crippen MR) is 88.8 cm³/mol. The fourth-order valence-corrected chi connectivity index (χ4v) is 3.60. The van der Waals surface area contributed by atoms with Crippen molar-refractivity contribution < 1.29 is 0 Å². The molecule has 0 aliphatic heterocycles. The van der Waals surface area contributed by atoms with E-state index in [0.717, 1.165) is 0 Å². The van der Waals surface area contributed by atoms with Gasteiger partial charge in [0, 0.05) is 16.8 Å². The molecule has 0 amide bonds. The lowest BCUT2D eigenvalue weighted by atomic mass is 10.0. The summed E-state index contributed by atoms with van der Waals surface area (Å²) in [5.41, 5.74) is 8.24. The van der Waals surface area contributed by atoms with Crippen LogP contribution >= 0.6 is 0 Å². The minimum Gasteiger partial charge on any atom is -0.337 e. The Kier molecular flexibility index (Phi) is 2.89. The number of aryl methyl sites for hydroxylation is 4. The van der Waals surface area contributed by atoms with E-state index in [1.54, 1.807) is 0 Å². The van der Waals surface area contributed by atoms with Crippen LogP contribution in [0.15, 0.2) is 24.3 Å². The fourth-order valence-electron chi connectivity index (χ4n) is 3.60. The topological polar surface area (TPSA) is 4.93 Å². The molecule has 1 heterocycles. The van der Waals surface area contributed by atoms with Crippen LogP contribution in [0.5, 0.6) is 0 Å². The molecule has 1 aromatic heterocycles. The summed E-state index contributed by atoms with van der Waals surface area (Å²) in [6, 6.07) is 9.73. The highest BCUT2D eigenvalue weighted by atomic mass is 15.0. The molecule has 1 heteroatoms. The molecule has 0 unspecified atom stereocenters. The lowest BCUT2D eigenvalue weighted by molar-refractivity contribution is 0.640. The zero-order valence-electron chi connectivity index (χ0n) is 13.3. The molecule has 0 saturated heterocycles. The summed E-state index contributed by atoms with van der Waals surface area (Å²) in [7, 11) is 0. The molecule has 1 nitrogen and oxygen atoms in total. The van der Waals surface area contributed by atoms with Gasteiger partial charge < -0.3 is 4.57 Å². The van der Waals surface area contributed by atoms with Gasteiger partial charge in [-0.3, -0.25) is 0 Å². The third-order valence-corrected chi connectivity index (χ3v) is 4.18. The second-order valence-corrected chi connectivity index (χ2v) is 6.42. The molecule has 0 aliphatic rings. The van der Waals surface area contributed by atoms with Crippen LogP contribution in [-0.2, 0) is 0 Å². The van der Waals surface area contributed by atoms with Crippen LogP contribution in [0.4, 0.5) is 0 Å². The maximum atomic E-state index is 2.51. The first kappa shape index (κ1) is 13.2. The van der Waals surface area contributed by atoms with Crippen molar-refractivity contribution in [1.82, 2.24) is 4.57 Å². The second-order valence-electron chi connectivity index (χ2n) is 6.42. The average Bonchev–Trinajstić information content (AvgIpc) is 2.64. The Morgan fingerprint density at radius 1 is 0.700 bits per heavy atom. The van der Waals surface area contributed by atoms with E-state index >= 15 is 0 Å². The maximum absolute atomic E-state index is 2.51. The van der Waals surface area contributed by atoms with Gasteiger partial charge in [-0.1, -0.05) is 23.3 Å². The molecule has 0 bridgehead atoms. The first-order chi connectivity index (χ1) is 9.40. The first-order valence-corrected chi connectivity index (χ1v) is 7.42. The number of nitrogens with zero attached hydrogens (tertiary/aromatic N) is 1. The third-order valence-electron chi connectivity index (χ3n) is 4.18. The van der Waals surface area contributed by atoms with Crippen LogP contribution in [0, 0.1) is 27.7 Å². The van der Waals surface area contributed by atoms with Gasteiger partial charge in [0.25, 0.3) is 0 Å². The molecule has 104 valence electrons. The van der Waals surface area contributed by atoms with Gasteiger partial charge in [-0.05, 0) is 64.8 Å². The minimum absolute atomic E-state index is 0.470. The van der Waals surface area contributed by atoms with Gasteiger partial charge in [0.15, 0.2) is 0 Å². The van der Waals surface area contributed by atoms with E-state index < -0.39 is 0 Å². The van der Waals surface area contributed by atoms with Crippen molar-refractivity contribution in [3.8, 4) is 0 Å². The number of rotatable bonds is 1. The number of fused-ring (bicyclic) bond motifs is 3. The van der Waals surface area contributed by atoms with Crippen molar-refractivity contribution in [2.45, 2.75) is 47.6 Å². The molecule has 0 radical (unpaired) electrons. The van der Waals surface area contributed by atoms with Crippen LogP contribution < -0.4 is 0 Å². The molecule has 20 heavy (non-hydrogen) atoms. The van der Waals surface area contributed by atoms with E-state index in [9.17, 15) is 0 Å². The standard InChI is InChI=1S/C19H23N/c1-11(2)20-18-14(5)7-12(3)9-16(18)17-10-13(4)8-15(6)19(17)20/h7-11H,1-6H3. The van der Waals surface area contributed by atoms with Crippen molar-refractivity contribution >= 4 is 21.8 Å². The fraction of sp³-hybridized carbons (Fsp3) is 0.368. The number of hydrogen-bond donors (Lipinski definition) is 0. The molecule has 0 fully saturated rings. The van der Waals surface area contributed by atoms with Gasteiger partial charge in [0.1, 0.15) is 0 Å². The molecular formula is C19H23N. The highest BCUT2D eigenvalue weighted by molar-refractivity contribution is 6.10. The van der Waals surface area contributed by atoms with Crippen LogP contribution in [0.2, 0.25) is 0 Å². The van der Waals surface area contributed by atoms with E-state index in [0.29, 0.717) is 6.04 Å². The summed E-state index contributed by atoms with van der Waals surface area (Å²) in [5.74, 6) is 0. The minimum atomic E-state index is 0.470.